The molecule has 2 heterocycles. The van der Waals surface area contributed by atoms with E-state index < -0.39 is 0 Å². The average molecular weight is 492 g/mol. The minimum absolute atomic E-state index is 0.0491. The maximum atomic E-state index is 12.9. The third-order valence-electron chi connectivity index (χ3n) is 6.26. The molecule has 1 saturated heterocycles. The summed E-state index contributed by atoms with van der Waals surface area (Å²) in [5.41, 5.74) is 4.54. The summed E-state index contributed by atoms with van der Waals surface area (Å²) in [6, 6.07) is 7.85. The van der Waals surface area contributed by atoms with E-state index in [0.717, 1.165) is 47.8 Å². The molecule has 0 saturated carbocycles. The Kier molecular flexibility index (Phi) is 9.64. The van der Waals surface area contributed by atoms with E-state index in [4.69, 9.17) is 4.74 Å². The van der Waals surface area contributed by atoms with Crippen LogP contribution in [0.1, 0.15) is 47.6 Å². The van der Waals surface area contributed by atoms with Gasteiger partial charge in [0.25, 0.3) is 5.91 Å². The van der Waals surface area contributed by atoms with Crippen molar-refractivity contribution in [2.75, 3.05) is 39.8 Å². The number of allylic oxidation sites excluding steroid dienone is 2. The molecule has 0 atom stereocenters. The van der Waals surface area contributed by atoms with E-state index in [2.05, 4.69) is 35.8 Å². The Labute approximate surface area is 213 Å². The van der Waals surface area contributed by atoms with Gasteiger partial charge < -0.3 is 20.3 Å². The van der Waals surface area contributed by atoms with Gasteiger partial charge in [0.05, 0.1) is 12.8 Å². The van der Waals surface area contributed by atoms with E-state index in [-0.39, 0.29) is 11.8 Å². The molecule has 0 radical (unpaired) electrons. The molecule has 1 aliphatic heterocycles. The maximum Gasteiger partial charge on any atom is 0.271 e. The van der Waals surface area contributed by atoms with Crippen molar-refractivity contribution in [3.05, 3.63) is 77.7 Å². The van der Waals surface area contributed by atoms with Gasteiger partial charge in [0.1, 0.15) is 5.75 Å². The molecule has 2 aromatic rings. The van der Waals surface area contributed by atoms with Crippen LogP contribution in [0.5, 0.6) is 5.75 Å². The molecule has 1 fully saturated rings. The third kappa shape index (κ3) is 6.31. The van der Waals surface area contributed by atoms with Gasteiger partial charge in [-0.25, -0.2) is 4.68 Å². The Morgan fingerprint density at radius 1 is 1.19 bits per heavy atom. The number of hydrogen-bond acceptors (Lipinski definition) is 5. The fraction of sp³-hybridized carbons (Fsp3) is 0.393. The highest BCUT2D eigenvalue weighted by atomic mass is 16.5. The van der Waals surface area contributed by atoms with Gasteiger partial charge in [-0.2, -0.15) is 5.10 Å². The van der Waals surface area contributed by atoms with E-state index in [1.54, 1.807) is 28.8 Å². The van der Waals surface area contributed by atoms with E-state index in [1.807, 2.05) is 31.2 Å². The first kappa shape index (κ1) is 26.9. The Hall–Kier alpha value is -3.65. The molecule has 0 unspecified atom stereocenters. The van der Waals surface area contributed by atoms with Crippen molar-refractivity contribution in [3.8, 4) is 5.75 Å². The monoisotopic (exact) mass is 491 g/mol. The van der Waals surface area contributed by atoms with Crippen molar-refractivity contribution < 1.29 is 14.3 Å². The zero-order chi connectivity index (χ0) is 26.1. The Morgan fingerprint density at radius 3 is 2.58 bits per heavy atom. The number of ether oxygens (including phenoxy) is 1. The van der Waals surface area contributed by atoms with Gasteiger partial charge in [0.2, 0.25) is 5.91 Å². The highest BCUT2D eigenvalue weighted by Gasteiger charge is 2.20. The topological polar surface area (TPSA) is 88.5 Å². The van der Waals surface area contributed by atoms with Crippen LogP contribution in [-0.2, 0) is 17.6 Å². The maximum absolute atomic E-state index is 12.9. The van der Waals surface area contributed by atoms with Crippen molar-refractivity contribution >= 4 is 17.5 Å². The zero-order valence-corrected chi connectivity index (χ0v) is 21.6. The van der Waals surface area contributed by atoms with Crippen molar-refractivity contribution in [2.45, 2.75) is 33.1 Å². The van der Waals surface area contributed by atoms with Gasteiger partial charge in [-0.05, 0) is 43.0 Å². The van der Waals surface area contributed by atoms with E-state index in [1.165, 1.54) is 0 Å². The largest absolute Gasteiger partial charge is 0.496 e. The number of amides is 2. The molecule has 2 amide bonds. The summed E-state index contributed by atoms with van der Waals surface area (Å²) in [5, 5.41) is 10.7. The quantitative estimate of drug-likeness (QED) is 0.372. The molecule has 1 aromatic carbocycles. The Morgan fingerprint density at radius 2 is 1.94 bits per heavy atom. The molecule has 1 aliphatic rings. The number of nitrogens with zero attached hydrogens (tertiary/aromatic N) is 3. The molecular formula is C28H37N5O3. The fourth-order valence-corrected chi connectivity index (χ4v) is 4.20. The minimum Gasteiger partial charge on any atom is -0.496 e. The molecule has 1 aromatic heterocycles. The molecule has 3 rings (SSSR count). The minimum atomic E-state index is -0.289. The normalized spacial score (nSPS) is 13.9. The van der Waals surface area contributed by atoms with E-state index in [9.17, 15) is 9.59 Å². The smallest absolute Gasteiger partial charge is 0.271 e. The predicted octanol–water partition coefficient (Wildman–Crippen LogP) is 3.20. The number of carbonyl (C=O) groups excluding carboxylic acids is 2. The van der Waals surface area contributed by atoms with Crippen molar-refractivity contribution in [2.24, 2.45) is 0 Å². The SMILES string of the molecule is C=C/C=C(/c1ccc(CC)c(OC)c1)n1nc(C(=O)NCCC(=C)C(=O)N2CCNCC2)cc1CC. The number of aromatic nitrogens is 2. The van der Waals surface area contributed by atoms with Crippen LogP contribution in [0, 0.1) is 0 Å². The summed E-state index contributed by atoms with van der Waals surface area (Å²) in [7, 11) is 1.66. The standard InChI is InChI=1S/C28H37N5O3/c1-6-9-25(22-11-10-21(7-2)26(18-22)36-5)33-23(8-3)19-24(31-33)27(34)30-13-12-20(4)28(35)32-16-14-29-15-17-32/h6,9-11,18-19,29H,1,4,7-8,12-17H2,2-3,5H3,(H,30,34)/b25-9-. The molecular weight excluding hydrogens is 454 g/mol. The second-order valence-corrected chi connectivity index (χ2v) is 8.61. The summed E-state index contributed by atoms with van der Waals surface area (Å²) in [6.45, 7) is 15.1. The number of piperazine rings is 1. The number of rotatable bonds is 11. The van der Waals surface area contributed by atoms with Crippen LogP contribution in [0.15, 0.2) is 55.1 Å². The highest BCUT2D eigenvalue weighted by Crippen LogP contribution is 2.27. The van der Waals surface area contributed by atoms with Crippen LogP contribution >= 0.6 is 0 Å². The molecule has 0 aliphatic carbocycles. The average Bonchev–Trinajstić information content (AvgIpc) is 3.35. The molecule has 36 heavy (non-hydrogen) atoms. The van der Waals surface area contributed by atoms with Crippen LogP contribution in [0.3, 0.4) is 0 Å². The first-order valence-corrected chi connectivity index (χ1v) is 12.5. The second-order valence-electron chi connectivity index (χ2n) is 8.61. The van der Waals surface area contributed by atoms with E-state index in [0.29, 0.717) is 43.7 Å². The summed E-state index contributed by atoms with van der Waals surface area (Å²) in [6.07, 6.45) is 5.52. The zero-order valence-electron chi connectivity index (χ0n) is 21.6. The van der Waals surface area contributed by atoms with E-state index >= 15 is 0 Å². The number of nitrogens with one attached hydrogen (secondary N) is 2. The second kappa shape index (κ2) is 12.9. The van der Waals surface area contributed by atoms with Gasteiger partial charge in [-0.1, -0.05) is 45.2 Å². The van der Waals surface area contributed by atoms with Crippen LogP contribution in [0.25, 0.3) is 5.70 Å². The molecule has 0 bridgehead atoms. The van der Waals surface area contributed by atoms with Crippen LogP contribution in [0.4, 0.5) is 0 Å². The molecule has 0 spiro atoms. The Bertz CT molecular complexity index is 1140. The number of methoxy groups -OCH3 is 1. The highest BCUT2D eigenvalue weighted by molar-refractivity contribution is 5.94. The molecule has 8 heteroatoms. The van der Waals surface area contributed by atoms with Crippen molar-refractivity contribution in [1.29, 1.82) is 0 Å². The van der Waals surface area contributed by atoms with Crippen LogP contribution < -0.4 is 15.4 Å². The fourth-order valence-electron chi connectivity index (χ4n) is 4.20. The molecule has 2 N–H and O–H groups in total. The lowest BCUT2D eigenvalue weighted by Gasteiger charge is -2.28. The number of hydrogen-bond donors (Lipinski definition) is 2. The number of carbonyl (C=O) groups is 2. The predicted molar refractivity (Wildman–Crippen MR) is 143 cm³/mol. The van der Waals surface area contributed by atoms with Crippen LogP contribution in [-0.4, -0.2) is 66.3 Å². The lowest BCUT2D eigenvalue weighted by atomic mass is 10.1. The first-order valence-electron chi connectivity index (χ1n) is 12.5. The third-order valence-corrected chi connectivity index (χ3v) is 6.26. The van der Waals surface area contributed by atoms with Gasteiger partial charge in [0.15, 0.2) is 5.69 Å². The summed E-state index contributed by atoms with van der Waals surface area (Å²) in [5.74, 6) is 0.471. The number of aryl methyl sites for hydroxylation is 2. The lowest BCUT2D eigenvalue weighted by Crippen LogP contribution is -2.47. The molecule has 8 nitrogen and oxygen atoms in total. The lowest BCUT2D eigenvalue weighted by molar-refractivity contribution is -0.127. The Balaban J connectivity index is 1.73. The van der Waals surface area contributed by atoms with Gasteiger partial charge in [0, 0.05) is 49.6 Å². The molecule has 192 valence electrons. The number of benzene rings is 1. The van der Waals surface area contributed by atoms with Crippen LogP contribution in [0.2, 0.25) is 0 Å². The van der Waals surface area contributed by atoms with Crippen molar-refractivity contribution in [1.82, 2.24) is 25.3 Å². The van der Waals surface area contributed by atoms with Gasteiger partial charge in [-0.15, -0.1) is 0 Å². The summed E-state index contributed by atoms with van der Waals surface area (Å²) >= 11 is 0. The summed E-state index contributed by atoms with van der Waals surface area (Å²) < 4.78 is 7.36. The first-order chi connectivity index (χ1) is 17.4. The van der Waals surface area contributed by atoms with Gasteiger partial charge in [-0.3, -0.25) is 9.59 Å². The van der Waals surface area contributed by atoms with Gasteiger partial charge >= 0.3 is 0 Å². The van der Waals surface area contributed by atoms with Crippen molar-refractivity contribution in [3.63, 3.8) is 0 Å². The summed E-state index contributed by atoms with van der Waals surface area (Å²) in [4.78, 5) is 27.2.